The number of pyridine rings is 1. The Bertz CT molecular complexity index is 2340. The van der Waals surface area contributed by atoms with E-state index in [0.29, 0.717) is 15.8 Å². The molecule has 0 saturated heterocycles. The maximum atomic E-state index is 13.8. The number of rotatable bonds is 12. The Balaban J connectivity index is 1.29. The molecule has 0 unspecified atom stereocenters. The summed E-state index contributed by atoms with van der Waals surface area (Å²) in [6, 6.07) is 24.4. The Morgan fingerprint density at radius 2 is 1.72 bits per heavy atom. The van der Waals surface area contributed by atoms with Gasteiger partial charge in [-0.1, -0.05) is 59.9 Å². The van der Waals surface area contributed by atoms with Crippen molar-refractivity contribution in [1.29, 1.82) is 0 Å². The molecule has 3 N–H and O–H groups in total. The van der Waals surface area contributed by atoms with E-state index in [9.17, 15) is 34.4 Å². The van der Waals surface area contributed by atoms with Crippen molar-refractivity contribution < 1.29 is 33.4 Å². The molecular formula is C35H27N6O8S+. The number of non-ortho nitro benzene ring substituents is 1. The number of nitro benzene ring substituents is 1. The fourth-order valence-corrected chi connectivity index (χ4v) is 6.20. The quantitative estimate of drug-likeness (QED) is 0.0540. The molecule has 0 aliphatic carbocycles. The number of thiazole rings is 1. The van der Waals surface area contributed by atoms with Gasteiger partial charge in [-0.15, -0.1) is 0 Å². The first-order chi connectivity index (χ1) is 24.2. The first-order valence-electron chi connectivity index (χ1n) is 15.1. The number of nitrogens with one attached hydrogen (secondary N) is 2. The topological polar surface area (TPSA) is 198 Å². The molecule has 6 rings (SSSR count). The van der Waals surface area contributed by atoms with E-state index in [-0.39, 0.29) is 51.8 Å². The van der Waals surface area contributed by atoms with Crippen molar-refractivity contribution in [3.63, 3.8) is 0 Å². The number of ketones is 1. The number of hydrogen-bond acceptors (Lipinski definition) is 11. The van der Waals surface area contributed by atoms with Crippen molar-refractivity contribution >= 4 is 66.7 Å². The summed E-state index contributed by atoms with van der Waals surface area (Å²) in [5.41, 5.74) is 1.98. The first kappa shape index (κ1) is 33.3. The van der Waals surface area contributed by atoms with Crippen molar-refractivity contribution in [2.75, 3.05) is 5.32 Å². The third-order valence-corrected chi connectivity index (χ3v) is 8.58. The van der Waals surface area contributed by atoms with Crippen LogP contribution in [0.2, 0.25) is 0 Å². The number of hydrazone groups is 1. The van der Waals surface area contributed by atoms with Crippen LogP contribution in [0.5, 0.6) is 5.75 Å². The predicted molar refractivity (Wildman–Crippen MR) is 184 cm³/mol. The summed E-state index contributed by atoms with van der Waals surface area (Å²) in [7, 11) is 0. The van der Waals surface area contributed by atoms with Crippen LogP contribution in [0.3, 0.4) is 0 Å². The van der Waals surface area contributed by atoms with Gasteiger partial charge in [-0.25, -0.2) is 15.2 Å². The molecule has 3 heterocycles. The van der Waals surface area contributed by atoms with Crippen LogP contribution >= 0.6 is 11.3 Å². The second kappa shape index (κ2) is 14.7. The highest BCUT2D eigenvalue weighted by molar-refractivity contribution is 7.22. The summed E-state index contributed by atoms with van der Waals surface area (Å²) >= 11 is 0.978. The van der Waals surface area contributed by atoms with E-state index in [1.807, 2.05) is 0 Å². The van der Waals surface area contributed by atoms with Gasteiger partial charge in [-0.3, -0.25) is 29.8 Å². The van der Waals surface area contributed by atoms with E-state index in [2.05, 4.69) is 20.8 Å². The van der Waals surface area contributed by atoms with Crippen LogP contribution in [-0.2, 0) is 20.9 Å². The van der Waals surface area contributed by atoms with Gasteiger partial charge in [0.25, 0.3) is 11.6 Å². The lowest BCUT2D eigenvalue weighted by molar-refractivity contribution is -0.684. The van der Waals surface area contributed by atoms with Crippen molar-refractivity contribution in [2.45, 2.75) is 25.3 Å². The first-order valence-corrected chi connectivity index (χ1v) is 15.9. The molecule has 0 fully saturated rings. The molecular weight excluding hydrogens is 664 g/mol. The molecule has 0 aliphatic rings. The van der Waals surface area contributed by atoms with E-state index < -0.39 is 40.5 Å². The number of amides is 2. The van der Waals surface area contributed by atoms with Gasteiger partial charge >= 0.3 is 11.5 Å². The summed E-state index contributed by atoms with van der Waals surface area (Å²) in [5, 5.41) is 29.4. The van der Waals surface area contributed by atoms with Crippen molar-refractivity contribution in [3.05, 3.63) is 135 Å². The van der Waals surface area contributed by atoms with Crippen LogP contribution in [-0.4, -0.2) is 38.3 Å². The molecule has 3 aromatic carbocycles. The minimum absolute atomic E-state index is 0.0812. The lowest BCUT2D eigenvalue weighted by Gasteiger charge is -2.18. The fourth-order valence-electron chi connectivity index (χ4n) is 5.30. The number of carbonyl (C=O) groups is 3. The van der Waals surface area contributed by atoms with E-state index in [1.54, 1.807) is 89.8 Å². The summed E-state index contributed by atoms with van der Waals surface area (Å²) in [4.78, 5) is 68.2. The fraction of sp³-hybridized carbons (Fsp3) is 0.114. The second-order valence-electron chi connectivity index (χ2n) is 11.1. The molecule has 0 bridgehead atoms. The average molecular weight is 692 g/mol. The molecule has 15 heteroatoms. The zero-order valence-corrected chi connectivity index (χ0v) is 26.8. The average Bonchev–Trinajstić information content (AvgIpc) is 3.52. The number of hydrogen-bond donors (Lipinski definition) is 3. The largest absolute Gasteiger partial charge is 0.507 e. The maximum Gasteiger partial charge on any atom is 0.343 e. The van der Waals surface area contributed by atoms with Crippen LogP contribution in [0.1, 0.15) is 29.9 Å². The third-order valence-electron chi connectivity index (χ3n) is 7.65. The number of para-hydroxylation sites is 1. The van der Waals surface area contributed by atoms with Crippen molar-refractivity contribution in [2.24, 2.45) is 5.10 Å². The number of Topliss-reactive ketones (excluding diaryl/α,β-unsaturated/α-hetero) is 1. The number of aromatic hydroxyl groups is 1. The number of carbonyl (C=O) groups excluding carboxylic acids is 3. The van der Waals surface area contributed by atoms with E-state index >= 15 is 0 Å². The Morgan fingerprint density at radius 1 is 1.00 bits per heavy atom. The van der Waals surface area contributed by atoms with Crippen molar-refractivity contribution in [1.82, 2.24) is 10.4 Å². The number of anilines is 1. The molecule has 1 atom stereocenters. The molecule has 3 aromatic heterocycles. The molecule has 6 aromatic rings. The number of nitrogens with zero attached hydrogens (tertiary/aromatic N) is 4. The molecule has 0 aliphatic heterocycles. The summed E-state index contributed by atoms with van der Waals surface area (Å²) in [6.45, 7) is -0.128. The highest BCUT2D eigenvalue weighted by Crippen LogP contribution is 2.36. The zero-order valence-electron chi connectivity index (χ0n) is 26.0. The van der Waals surface area contributed by atoms with E-state index in [1.165, 1.54) is 18.2 Å². The summed E-state index contributed by atoms with van der Waals surface area (Å²) in [5.74, 6) is -3.27. The van der Waals surface area contributed by atoms with Gasteiger partial charge in [0.05, 0.1) is 32.5 Å². The minimum Gasteiger partial charge on any atom is -0.507 e. The molecule has 0 saturated carbocycles. The van der Waals surface area contributed by atoms with Gasteiger partial charge in [0.15, 0.2) is 17.5 Å². The SMILES string of the molecule is O=C(C/C(=N/NC(=O)C[n+]1ccccc1)C(=O)Nc1nc2ccc([N+](=O)[O-])cc2s1)C[C@@H](c1ccccc1)c1c(O)c2ccccc2oc1=O. The molecule has 2 amide bonds. The van der Waals surface area contributed by atoms with Gasteiger partial charge < -0.3 is 9.52 Å². The highest BCUT2D eigenvalue weighted by atomic mass is 32.1. The van der Waals surface area contributed by atoms with E-state index in [0.717, 1.165) is 11.3 Å². The Kier molecular flexibility index (Phi) is 9.76. The van der Waals surface area contributed by atoms with Crippen LogP contribution in [0.25, 0.3) is 21.2 Å². The lowest BCUT2D eigenvalue weighted by Crippen LogP contribution is -2.41. The zero-order chi connectivity index (χ0) is 35.2. The predicted octanol–water partition coefficient (Wildman–Crippen LogP) is 4.60. The normalized spacial score (nSPS) is 12.0. The monoisotopic (exact) mass is 691 g/mol. The van der Waals surface area contributed by atoms with Gasteiger partial charge in [0.1, 0.15) is 22.8 Å². The van der Waals surface area contributed by atoms with Gasteiger partial charge in [-0.2, -0.15) is 9.67 Å². The van der Waals surface area contributed by atoms with Crippen LogP contribution in [0.4, 0.5) is 10.8 Å². The molecule has 50 heavy (non-hydrogen) atoms. The number of nitro groups is 1. The Labute approximate surface area is 286 Å². The molecule has 250 valence electrons. The lowest BCUT2D eigenvalue weighted by atomic mass is 9.86. The Morgan fingerprint density at radius 3 is 2.48 bits per heavy atom. The van der Waals surface area contributed by atoms with Crippen LogP contribution in [0.15, 0.2) is 118 Å². The standard InChI is InChI=1S/C35H26N6O8S/c42-23(18-25(21-9-3-1-4-10-21)31-32(44)24-11-5-6-12-28(24)49-34(31)46)19-27(38-39-30(43)20-40-15-7-2-8-16-40)33(45)37-35-36-26-14-13-22(41(47)48)17-29(26)50-35/h1-17,25H,18-20H2,(H2-,36,37,39,43,44,45,46)/p+1/t25-/m0/s1. The van der Waals surface area contributed by atoms with Gasteiger partial charge in [0, 0.05) is 36.6 Å². The number of aromatic nitrogens is 2. The summed E-state index contributed by atoms with van der Waals surface area (Å²) < 4.78 is 7.52. The van der Waals surface area contributed by atoms with Crippen molar-refractivity contribution in [3.8, 4) is 5.75 Å². The van der Waals surface area contributed by atoms with Gasteiger partial charge in [0.2, 0.25) is 6.54 Å². The molecule has 0 radical (unpaired) electrons. The highest BCUT2D eigenvalue weighted by Gasteiger charge is 2.29. The third kappa shape index (κ3) is 7.58. The minimum atomic E-state index is -0.960. The molecule has 14 nitrogen and oxygen atoms in total. The second-order valence-corrected chi connectivity index (χ2v) is 12.1. The van der Waals surface area contributed by atoms with E-state index in [4.69, 9.17) is 4.42 Å². The molecule has 0 spiro atoms. The van der Waals surface area contributed by atoms with Crippen LogP contribution < -0.4 is 20.9 Å². The van der Waals surface area contributed by atoms with Gasteiger partial charge in [-0.05, 0) is 23.8 Å². The smallest absolute Gasteiger partial charge is 0.343 e. The number of fused-ring (bicyclic) bond motifs is 2. The Hall–Kier alpha value is -6.61. The maximum absolute atomic E-state index is 13.8. The van der Waals surface area contributed by atoms with Crippen LogP contribution in [0, 0.1) is 10.1 Å². The summed E-state index contributed by atoms with van der Waals surface area (Å²) in [6.07, 6.45) is 2.41. The number of benzene rings is 3.